The van der Waals surface area contributed by atoms with E-state index < -0.39 is 5.91 Å². The van der Waals surface area contributed by atoms with Gasteiger partial charge in [0.1, 0.15) is 35.1 Å². The Labute approximate surface area is 224 Å². The van der Waals surface area contributed by atoms with Crippen molar-refractivity contribution in [2.24, 2.45) is 0 Å². The molecule has 1 aromatic heterocycles. The monoisotopic (exact) mass is 523 g/mol. The summed E-state index contributed by atoms with van der Waals surface area (Å²) in [6.07, 6.45) is 5.42. The number of thiophene rings is 1. The molecule has 0 radical (unpaired) electrons. The Kier molecular flexibility index (Phi) is 7.23. The SMILES string of the molecule is N#C/C(=C\c1c(OCc2ccccc2Cl)ccc2ccccc12)C(=O)Nc1sc2c(c1C#N)CCCC2. The number of nitriles is 2. The van der Waals surface area contributed by atoms with E-state index in [9.17, 15) is 15.3 Å². The number of carbonyl (C=O) groups is 1. The van der Waals surface area contributed by atoms with E-state index in [1.54, 1.807) is 12.1 Å². The second kappa shape index (κ2) is 10.9. The number of anilines is 1. The molecule has 0 spiro atoms. The second-order valence-corrected chi connectivity index (χ2v) is 10.2. The van der Waals surface area contributed by atoms with Crippen molar-refractivity contribution in [3.63, 3.8) is 0 Å². The van der Waals surface area contributed by atoms with Crippen LogP contribution < -0.4 is 10.1 Å². The number of carbonyl (C=O) groups excluding carboxylic acids is 1. The first-order valence-electron chi connectivity index (χ1n) is 11.9. The number of nitrogens with zero attached hydrogens (tertiary/aromatic N) is 2. The van der Waals surface area contributed by atoms with E-state index in [1.165, 1.54) is 11.3 Å². The maximum Gasteiger partial charge on any atom is 0.266 e. The third-order valence-corrected chi connectivity index (χ3v) is 8.01. The van der Waals surface area contributed by atoms with E-state index in [0.29, 0.717) is 26.9 Å². The van der Waals surface area contributed by atoms with Crippen molar-refractivity contribution in [1.29, 1.82) is 10.5 Å². The van der Waals surface area contributed by atoms with Crippen LogP contribution in [0.5, 0.6) is 5.75 Å². The highest BCUT2D eigenvalue weighted by molar-refractivity contribution is 7.16. The molecule has 0 aliphatic heterocycles. The first-order valence-corrected chi connectivity index (χ1v) is 13.1. The second-order valence-electron chi connectivity index (χ2n) is 8.73. The van der Waals surface area contributed by atoms with Crippen LogP contribution in [0, 0.1) is 22.7 Å². The van der Waals surface area contributed by atoms with Gasteiger partial charge in [-0.15, -0.1) is 11.3 Å². The molecule has 0 atom stereocenters. The molecule has 0 saturated carbocycles. The Balaban J connectivity index is 1.50. The number of nitrogens with one attached hydrogen (secondary N) is 1. The van der Waals surface area contributed by atoms with E-state index in [4.69, 9.17) is 16.3 Å². The van der Waals surface area contributed by atoms with Gasteiger partial charge in [0.2, 0.25) is 0 Å². The Morgan fingerprint density at radius 3 is 2.65 bits per heavy atom. The number of rotatable bonds is 6. The molecule has 5 nitrogen and oxygen atoms in total. The maximum absolute atomic E-state index is 13.2. The van der Waals surface area contributed by atoms with Crippen LogP contribution in [0.3, 0.4) is 0 Å². The van der Waals surface area contributed by atoms with Crippen molar-refractivity contribution in [1.82, 2.24) is 0 Å². The van der Waals surface area contributed by atoms with Gasteiger partial charge >= 0.3 is 0 Å². The minimum Gasteiger partial charge on any atom is -0.488 e. The lowest BCUT2D eigenvalue weighted by atomic mass is 9.96. The molecular weight excluding hydrogens is 502 g/mol. The van der Waals surface area contributed by atoms with Gasteiger partial charge in [0, 0.05) is 21.0 Å². The van der Waals surface area contributed by atoms with Gasteiger partial charge < -0.3 is 10.1 Å². The molecule has 0 fully saturated rings. The van der Waals surface area contributed by atoms with Crippen LogP contribution >= 0.6 is 22.9 Å². The van der Waals surface area contributed by atoms with E-state index in [-0.39, 0.29) is 12.2 Å². The fourth-order valence-corrected chi connectivity index (χ4v) is 5.98. The smallest absolute Gasteiger partial charge is 0.266 e. The molecule has 0 unspecified atom stereocenters. The minimum absolute atomic E-state index is 0.0748. The summed E-state index contributed by atoms with van der Waals surface area (Å²) in [4.78, 5) is 14.4. The van der Waals surface area contributed by atoms with Crippen molar-refractivity contribution in [2.75, 3.05) is 5.32 Å². The number of hydrogen-bond acceptors (Lipinski definition) is 5. The Hall–Kier alpha value is -4.10. The average molecular weight is 524 g/mol. The van der Waals surface area contributed by atoms with Gasteiger partial charge in [-0.25, -0.2) is 0 Å². The molecule has 0 bridgehead atoms. The molecule has 1 heterocycles. The summed E-state index contributed by atoms with van der Waals surface area (Å²) in [5, 5.41) is 25.4. The quantitative estimate of drug-likeness (QED) is 0.210. The Bertz CT molecular complexity index is 1620. The summed E-state index contributed by atoms with van der Waals surface area (Å²) in [6.45, 7) is 0.235. The molecule has 37 heavy (non-hydrogen) atoms. The molecular formula is C30H22ClN3O2S. The summed E-state index contributed by atoms with van der Waals surface area (Å²) < 4.78 is 6.14. The van der Waals surface area contributed by atoms with Crippen LogP contribution in [-0.2, 0) is 24.2 Å². The normalized spacial score (nSPS) is 12.9. The highest BCUT2D eigenvalue weighted by atomic mass is 35.5. The zero-order valence-corrected chi connectivity index (χ0v) is 21.5. The van der Waals surface area contributed by atoms with Gasteiger partial charge in [0.05, 0.1) is 5.56 Å². The predicted octanol–water partition coefficient (Wildman–Crippen LogP) is 7.43. The molecule has 1 aliphatic carbocycles. The van der Waals surface area contributed by atoms with Gasteiger partial charge in [-0.1, -0.05) is 60.1 Å². The highest BCUT2D eigenvalue weighted by Gasteiger charge is 2.23. The van der Waals surface area contributed by atoms with E-state index in [0.717, 1.165) is 52.5 Å². The van der Waals surface area contributed by atoms with Crippen LogP contribution in [0.4, 0.5) is 5.00 Å². The van der Waals surface area contributed by atoms with Crippen LogP contribution in [-0.4, -0.2) is 5.91 Å². The molecule has 1 N–H and O–H groups in total. The number of halogens is 1. The minimum atomic E-state index is -0.553. The van der Waals surface area contributed by atoms with Crippen molar-refractivity contribution in [2.45, 2.75) is 32.3 Å². The molecule has 7 heteroatoms. The van der Waals surface area contributed by atoms with Crippen LogP contribution in [0.2, 0.25) is 5.02 Å². The van der Waals surface area contributed by atoms with E-state index in [1.807, 2.05) is 60.7 Å². The Morgan fingerprint density at radius 2 is 1.84 bits per heavy atom. The summed E-state index contributed by atoms with van der Waals surface area (Å²) in [5.74, 6) is -0.0222. The number of fused-ring (bicyclic) bond motifs is 2. The highest BCUT2D eigenvalue weighted by Crippen LogP contribution is 2.38. The standard InChI is InChI=1S/C30H22ClN3O2S/c31-26-11-5-2-8-20(26)18-36-27-14-13-19-7-1-3-9-22(19)24(27)15-21(16-32)29(35)34-30-25(17-33)23-10-4-6-12-28(23)37-30/h1-3,5,7-9,11,13-15H,4,6,10,12,18H2,(H,34,35)/b21-15+. The zero-order chi connectivity index (χ0) is 25.8. The molecule has 1 amide bonds. The Morgan fingerprint density at radius 1 is 1.05 bits per heavy atom. The van der Waals surface area contributed by atoms with Gasteiger partial charge in [0.15, 0.2) is 0 Å². The number of benzene rings is 3. The summed E-state index contributed by atoms with van der Waals surface area (Å²) in [7, 11) is 0. The van der Waals surface area contributed by atoms with Gasteiger partial charge in [-0.2, -0.15) is 10.5 Å². The van der Waals surface area contributed by atoms with Gasteiger partial charge in [0.25, 0.3) is 5.91 Å². The third-order valence-electron chi connectivity index (χ3n) is 6.44. The lowest BCUT2D eigenvalue weighted by Crippen LogP contribution is -2.13. The fraction of sp³-hybridized carbons (Fsp3) is 0.167. The molecule has 3 aromatic carbocycles. The third kappa shape index (κ3) is 5.08. The molecule has 5 rings (SSSR count). The number of ether oxygens (including phenoxy) is 1. The summed E-state index contributed by atoms with van der Waals surface area (Å²) in [5.41, 5.74) is 2.92. The van der Waals surface area contributed by atoms with Crippen molar-refractivity contribution in [3.05, 3.63) is 98.4 Å². The van der Waals surface area contributed by atoms with E-state index in [2.05, 4.69) is 11.4 Å². The lowest BCUT2D eigenvalue weighted by molar-refractivity contribution is -0.112. The maximum atomic E-state index is 13.2. The molecule has 0 saturated heterocycles. The first-order chi connectivity index (χ1) is 18.1. The van der Waals surface area contributed by atoms with Crippen LogP contribution in [0.15, 0.2) is 66.2 Å². The largest absolute Gasteiger partial charge is 0.488 e. The average Bonchev–Trinajstić information content (AvgIpc) is 3.28. The molecule has 182 valence electrons. The van der Waals surface area contributed by atoms with Crippen LogP contribution in [0.1, 0.15) is 40.0 Å². The summed E-state index contributed by atoms with van der Waals surface area (Å²) >= 11 is 7.74. The first kappa shape index (κ1) is 24.6. The topological polar surface area (TPSA) is 85.9 Å². The van der Waals surface area contributed by atoms with Crippen molar-refractivity contribution >= 4 is 50.7 Å². The predicted molar refractivity (Wildman–Crippen MR) is 148 cm³/mol. The zero-order valence-electron chi connectivity index (χ0n) is 19.9. The number of hydrogen-bond donors (Lipinski definition) is 1. The fourth-order valence-electron chi connectivity index (χ4n) is 4.56. The molecule has 1 aliphatic rings. The van der Waals surface area contributed by atoms with Gasteiger partial charge in [-0.05, 0) is 60.2 Å². The number of aryl methyl sites for hydroxylation is 1. The van der Waals surface area contributed by atoms with Crippen molar-refractivity contribution < 1.29 is 9.53 Å². The van der Waals surface area contributed by atoms with Gasteiger partial charge in [-0.3, -0.25) is 4.79 Å². The van der Waals surface area contributed by atoms with E-state index >= 15 is 0 Å². The van der Waals surface area contributed by atoms with Crippen molar-refractivity contribution in [3.8, 4) is 17.9 Å². The summed E-state index contributed by atoms with van der Waals surface area (Å²) in [6, 6.07) is 23.2. The number of amides is 1. The molecule has 4 aromatic rings. The lowest BCUT2D eigenvalue weighted by Gasteiger charge is -2.13. The van der Waals surface area contributed by atoms with Crippen LogP contribution in [0.25, 0.3) is 16.8 Å².